The number of aliphatic hydroxyl groups excluding tert-OH is 1. The van der Waals surface area contributed by atoms with Crippen LogP contribution in [0.3, 0.4) is 0 Å². The van der Waals surface area contributed by atoms with Crippen molar-refractivity contribution in [2.75, 3.05) is 0 Å². The lowest BCUT2D eigenvalue weighted by Gasteiger charge is -2.11. The standard InChI is InChI=1S/C12H16O3/c1-8-5-9(2)7-10(6-8)11(13)3-4-12(14)15/h5-7,11,13H,3-4H2,1-2H3,(H,14,15)/t11-/m0/s1. The lowest BCUT2D eigenvalue weighted by Crippen LogP contribution is -2.03. The largest absolute Gasteiger partial charge is 0.481 e. The van der Waals surface area contributed by atoms with E-state index in [2.05, 4.69) is 0 Å². The fraction of sp³-hybridized carbons (Fsp3) is 0.417. The van der Waals surface area contributed by atoms with Crippen molar-refractivity contribution in [3.05, 3.63) is 34.9 Å². The highest BCUT2D eigenvalue weighted by atomic mass is 16.4. The number of aliphatic carboxylic acids is 1. The van der Waals surface area contributed by atoms with Crippen molar-refractivity contribution in [3.63, 3.8) is 0 Å². The molecule has 0 aliphatic heterocycles. The Labute approximate surface area is 89.4 Å². The molecular weight excluding hydrogens is 192 g/mol. The zero-order valence-corrected chi connectivity index (χ0v) is 9.03. The van der Waals surface area contributed by atoms with Crippen LogP contribution in [0.2, 0.25) is 0 Å². The first-order chi connectivity index (χ1) is 6.99. The van der Waals surface area contributed by atoms with Crippen LogP contribution in [0.25, 0.3) is 0 Å². The molecule has 0 saturated carbocycles. The van der Waals surface area contributed by atoms with Crippen LogP contribution in [-0.2, 0) is 4.79 Å². The second-order valence-electron chi connectivity index (χ2n) is 3.87. The second-order valence-corrected chi connectivity index (χ2v) is 3.87. The van der Waals surface area contributed by atoms with Crippen LogP contribution in [0.1, 0.15) is 35.6 Å². The summed E-state index contributed by atoms with van der Waals surface area (Å²) in [5.41, 5.74) is 2.97. The third-order valence-electron chi connectivity index (χ3n) is 2.26. The smallest absolute Gasteiger partial charge is 0.303 e. The van der Waals surface area contributed by atoms with Crippen LogP contribution >= 0.6 is 0 Å². The van der Waals surface area contributed by atoms with Crippen LogP contribution < -0.4 is 0 Å². The van der Waals surface area contributed by atoms with Crippen molar-refractivity contribution in [3.8, 4) is 0 Å². The summed E-state index contributed by atoms with van der Waals surface area (Å²) in [6, 6.07) is 5.80. The molecule has 1 rings (SSSR count). The monoisotopic (exact) mass is 208 g/mol. The van der Waals surface area contributed by atoms with E-state index in [0.717, 1.165) is 16.7 Å². The highest BCUT2D eigenvalue weighted by Gasteiger charge is 2.10. The lowest BCUT2D eigenvalue weighted by atomic mass is 10.0. The number of benzene rings is 1. The van der Waals surface area contributed by atoms with Gasteiger partial charge < -0.3 is 10.2 Å². The Hall–Kier alpha value is -1.35. The fourth-order valence-corrected chi connectivity index (χ4v) is 1.63. The molecule has 1 aromatic carbocycles. The van der Waals surface area contributed by atoms with E-state index in [-0.39, 0.29) is 12.8 Å². The van der Waals surface area contributed by atoms with Gasteiger partial charge >= 0.3 is 5.97 Å². The van der Waals surface area contributed by atoms with Gasteiger partial charge in [0.15, 0.2) is 0 Å². The van der Waals surface area contributed by atoms with Crippen LogP contribution in [0.5, 0.6) is 0 Å². The molecule has 0 aliphatic carbocycles. The summed E-state index contributed by atoms with van der Waals surface area (Å²) in [7, 11) is 0. The van der Waals surface area contributed by atoms with E-state index in [0.29, 0.717) is 0 Å². The maximum Gasteiger partial charge on any atom is 0.303 e. The highest BCUT2D eigenvalue weighted by molar-refractivity contribution is 5.66. The average Bonchev–Trinajstić information content (AvgIpc) is 2.12. The van der Waals surface area contributed by atoms with Crippen LogP contribution in [-0.4, -0.2) is 16.2 Å². The number of carbonyl (C=O) groups is 1. The second kappa shape index (κ2) is 4.94. The van der Waals surface area contributed by atoms with E-state index in [4.69, 9.17) is 5.11 Å². The Morgan fingerprint density at radius 2 is 1.80 bits per heavy atom. The molecule has 0 spiro atoms. The third-order valence-corrected chi connectivity index (χ3v) is 2.26. The Balaban J connectivity index is 2.72. The maximum atomic E-state index is 10.4. The molecule has 0 fully saturated rings. The van der Waals surface area contributed by atoms with E-state index >= 15 is 0 Å². The topological polar surface area (TPSA) is 57.5 Å². The molecule has 0 radical (unpaired) electrons. The molecule has 0 heterocycles. The van der Waals surface area contributed by atoms with Crippen LogP contribution in [0.4, 0.5) is 0 Å². The van der Waals surface area contributed by atoms with Gasteiger partial charge in [0.2, 0.25) is 0 Å². The summed E-state index contributed by atoms with van der Waals surface area (Å²) in [6.45, 7) is 3.92. The van der Waals surface area contributed by atoms with E-state index in [1.54, 1.807) is 0 Å². The van der Waals surface area contributed by atoms with E-state index < -0.39 is 12.1 Å². The molecule has 0 aromatic heterocycles. The molecule has 0 aliphatic rings. The van der Waals surface area contributed by atoms with Gasteiger partial charge in [-0.1, -0.05) is 29.3 Å². The van der Waals surface area contributed by atoms with E-state index in [9.17, 15) is 9.90 Å². The maximum absolute atomic E-state index is 10.4. The summed E-state index contributed by atoms with van der Waals surface area (Å²) >= 11 is 0. The van der Waals surface area contributed by atoms with Crippen LogP contribution in [0, 0.1) is 13.8 Å². The minimum atomic E-state index is -0.876. The van der Waals surface area contributed by atoms with Crippen molar-refractivity contribution < 1.29 is 15.0 Å². The Bertz CT molecular complexity index is 338. The van der Waals surface area contributed by atoms with Gasteiger partial charge in [0.25, 0.3) is 0 Å². The molecule has 15 heavy (non-hydrogen) atoms. The Morgan fingerprint density at radius 1 is 1.27 bits per heavy atom. The molecule has 1 aromatic rings. The molecular formula is C12H16O3. The number of aryl methyl sites for hydroxylation is 2. The number of carboxylic acid groups (broad SMARTS) is 1. The van der Waals surface area contributed by atoms with Gasteiger partial charge in [-0.3, -0.25) is 4.79 Å². The van der Waals surface area contributed by atoms with Gasteiger partial charge in [-0.25, -0.2) is 0 Å². The van der Waals surface area contributed by atoms with Gasteiger partial charge in [-0.05, 0) is 25.8 Å². The lowest BCUT2D eigenvalue weighted by molar-refractivity contribution is -0.137. The predicted octanol–water partition coefficient (Wildman–Crippen LogP) is 2.20. The van der Waals surface area contributed by atoms with Crippen molar-refractivity contribution in [2.45, 2.75) is 32.8 Å². The molecule has 82 valence electrons. The minimum Gasteiger partial charge on any atom is -0.481 e. The first-order valence-electron chi connectivity index (χ1n) is 4.97. The summed E-state index contributed by atoms with van der Waals surface area (Å²) in [4.78, 5) is 10.4. The Kier molecular flexibility index (Phi) is 3.86. The van der Waals surface area contributed by atoms with Gasteiger partial charge in [-0.2, -0.15) is 0 Å². The molecule has 3 nitrogen and oxygen atoms in total. The van der Waals surface area contributed by atoms with E-state index in [1.807, 2.05) is 32.0 Å². The number of hydrogen-bond donors (Lipinski definition) is 2. The highest BCUT2D eigenvalue weighted by Crippen LogP contribution is 2.20. The molecule has 0 saturated heterocycles. The molecule has 2 N–H and O–H groups in total. The number of aliphatic hydroxyl groups is 1. The third kappa shape index (κ3) is 3.72. The average molecular weight is 208 g/mol. The van der Waals surface area contributed by atoms with Gasteiger partial charge in [0.05, 0.1) is 6.10 Å². The van der Waals surface area contributed by atoms with Crippen molar-refractivity contribution >= 4 is 5.97 Å². The summed E-state index contributed by atoms with van der Waals surface area (Å²) in [5, 5.41) is 18.3. The Morgan fingerprint density at radius 3 is 2.27 bits per heavy atom. The number of rotatable bonds is 4. The van der Waals surface area contributed by atoms with Gasteiger partial charge in [-0.15, -0.1) is 0 Å². The molecule has 0 unspecified atom stereocenters. The number of carboxylic acids is 1. The fourth-order valence-electron chi connectivity index (χ4n) is 1.63. The first-order valence-corrected chi connectivity index (χ1v) is 4.97. The summed E-state index contributed by atoms with van der Waals surface area (Å²) in [5.74, 6) is -0.876. The van der Waals surface area contributed by atoms with Crippen molar-refractivity contribution in [1.29, 1.82) is 0 Å². The van der Waals surface area contributed by atoms with Crippen molar-refractivity contribution in [1.82, 2.24) is 0 Å². The van der Waals surface area contributed by atoms with Crippen molar-refractivity contribution in [2.24, 2.45) is 0 Å². The predicted molar refractivity (Wildman–Crippen MR) is 57.7 cm³/mol. The zero-order chi connectivity index (χ0) is 11.4. The van der Waals surface area contributed by atoms with Crippen LogP contribution in [0.15, 0.2) is 18.2 Å². The van der Waals surface area contributed by atoms with E-state index in [1.165, 1.54) is 0 Å². The molecule has 3 heteroatoms. The summed E-state index contributed by atoms with van der Waals surface area (Å²) < 4.78 is 0. The molecule has 0 bridgehead atoms. The van der Waals surface area contributed by atoms with Gasteiger partial charge in [0, 0.05) is 6.42 Å². The summed E-state index contributed by atoms with van der Waals surface area (Å²) in [6.07, 6.45) is -0.425. The van der Waals surface area contributed by atoms with Gasteiger partial charge in [0.1, 0.15) is 0 Å². The SMILES string of the molecule is Cc1cc(C)cc([C@@H](O)CCC(=O)O)c1. The quantitative estimate of drug-likeness (QED) is 0.797. The molecule has 0 amide bonds. The zero-order valence-electron chi connectivity index (χ0n) is 9.03. The molecule has 1 atom stereocenters. The normalized spacial score (nSPS) is 12.5. The number of hydrogen-bond acceptors (Lipinski definition) is 2. The first kappa shape index (κ1) is 11.7. The minimum absolute atomic E-state index is 0.00580.